The minimum Gasteiger partial charge on any atom is -0.494 e. The molecule has 0 saturated carbocycles. The van der Waals surface area contributed by atoms with Gasteiger partial charge in [-0.2, -0.15) is 5.10 Å². The predicted molar refractivity (Wildman–Crippen MR) is 96.5 cm³/mol. The van der Waals surface area contributed by atoms with Crippen LogP contribution in [0.15, 0.2) is 70.4 Å². The van der Waals surface area contributed by atoms with Crippen molar-refractivity contribution in [1.29, 1.82) is 0 Å². The van der Waals surface area contributed by atoms with Crippen LogP contribution in [0.1, 0.15) is 25.1 Å². The van der Waals surface area contributed by atoms with Crippen LogP contribution < -0.4 is 9.46 Å². The molecule has 3 aromatic rings. The molecule has 1 aromatic carbocycles. The van der Waals surface area contributed by atoms with Gasteiger partial charge in [0.2, 0.25) is 10.0 Å². The van der Waals surface area contributed by atoms with Crippen LogP contribution in [-0.2, 0) is 10.0 Å². The van der Waals surface area contributed by atoms with Gasteiger partial charge in [0.25, 0.3) is 0 Å². The Bertz CT molecular complexity index is 854. The number of aromatic nitrogens is 2. The molecule has 1 atom stereocenters. The zero-order valence-corrected chi connectivity index (χ0v) is 15.2. The summed E-state index contributed by atoms with van der Waals surface area (Å²) in [5, 5.41) is 4.19. The Morgan fingerprint density at radius 2 is 2.04 bits per heavy atom. The van der Waals surface area contributed by atoms with Crippen molar-refractivity contribution >= 4 is 10.0 Å². The molecule has 8 heteroatoms. The standard InChI is InChI=1S/C18H21N3O4S/c1-2-12-24-15-6-8-16(9-7-15)26(22,23)20-14-17(18-5-3-13-25-18)21-11-4-10-19-21/h3-11,13,17,20H,2,12,14H2,1H3. The van der Waals surface area contributed by atoms with Crippen LogP contribution in [0, 0.1) is 0 Å². The van der Waals surface area contributed by atoms with Gasteiger partial charge in [0.15, 0.2) is 0 Å². The molecular weight excluding hydrogens is 354 g/mol. The van der Waals surface area contributed by atoms with Crippen molar-refractivity contribution in [1.82, 2.24) is 14.5 Å². The Morgan fingerprint density at radius 1 is 1.23 bits per heavy atom. The lowest BCUT2D eigenvalue weighted by Crippen LogP contribution is -2.31. The van der Waals surface area contributed by atoms with Gasteiger partial charge in [-0.3, -0.25) is 4.68 Å². The van der Waals surface area contributed by atoms with Gasteiger partial charge in [0.05, 0.1) is 17.8 Å². The second kappa shape index (κ2) is 8.20. The number of ether oxygens (including phenoxy) is 1. The van der Waals surface area contributed by atoms with Crippen LogP contribution in [0.3, 0.4) is 0 Å². The normalized spacial score (nSPS) is 12.8. The molecule has 0 aliphatic rings. The van der Waals surface area contributed by atoms with Crippen molar-refractivity contribution in [3.63, 3.8) is 0 Å². The van der Waals surface area contributed by atoms with E-state index in [9.17, 15) is 8.42 Å². The molecule has 1 unspecified atom stereocenters. The number of benzene rings is 1. The molecular formula is C18H21N3O4S. The minimum absolute atomic E-state index is 0.117. The van der Waals surface area contributed by atoms with Gasteiger partial charge in [0.1, 0.15) is 17.6 Å². The van der Waals surface area contributed by atoms with E-state index >= 15 is 0 Å². The largest absolute Gasteiger partial charge is 0.494 e. The monoisotopic (exact) mass is 375 g/mol. The third-order valence-electron chi connectivity index (χ3n) is 3.79. The second-order valence-corrected chi connectivity index (χ2v) is 7.46. The topological polar surface area (TPSA) is 86.4 Å². The highest BCUT2D eigenvalue weighted by Gasteiger charge is 2.21. The fraction of sp³-hybridized carbons (Fsp3) is 0.278. The molecule has 7 nitrogen and oxygen atoms in total. The van der Waals surface area contributed by atoms with E-state index in [2.05, 4.69) is 9.82 Å². The molecule has 1 N–H and O–H groups in total. The molecule has 2 aromatic heterocycles. The first-order valence-corrected chi connectivity index (χ1v) is 9.83. The third kappa shape index (κ3) is 4.33. The van der Waals surface area contributed by atoms with Gasteiger partial charge in [-0.15, -0.1) is 0 Å². The smallest absolute Gasteiger partial charge is 0.240 e. The second-order valence-electron chi connectivity index (χ2n) is 5.69. The van der Waals surface area contributed by atoms with Crippen molar-refractivity contribution in [3.05, 3.63) is 66.9 Å². The molecule has 0 aliphatic carbocycles. The van der Waals surface area contributed by atoms with Crippen molar-refractivity contribution < 1.29 is 17.6 Å². The van der Waals surface area contributed by atoms with Crippen LogP contribution in [-0.4, -0.2) is 31.3 Å². The fourth-order valence-electron chi connectivity index (χ4n) is 2.48. The number of furan rings is 1. The van der Waals surface area contributed by atoms with Crippen molar-refractivity contribution in [2.24, 2.45) is 0 Å². The van der Waals surface area contributed by atoms with E-state index in [4.69, 9.17) is 9.15 Å². The Hall–Kier alpha value is -2.58. The zero-order chi connectivity index (χ0) is 18.4. The molecule has 0 aliphatic heterocycles. The number of nitrogens with zero attached hydrogens (tertiary/aromatic N) is 2. The van der Waals surface area contributed by atoms with Crippen molar-refractivity contribution in [2.75, 3.05) is 13.2 Å². The summed E-state index contributed by atoms with van der Waals surface area (Å²) in [5.74, 6) is 1.27. The summed E-state index contributed by atoms with van der Waals surface area (Å²) < 4.78 is 40.4. The van der Waals surface area contributed by atoms with E-state index in [-0.39, 0.29) is 17.5 Å². The summed E-state index contributed by atoms with van der Waals surface area (Å²) >= 11 is 0. The van der Waals surface area contributed by atoms with E-state index in [0.29, 0.717) is 18.1 Å². The van der Waals surface area contributed by atoms with Gasteiger partial charge in [-0.1, -0.05) is 6.92 Å². The Morgan fingerprint density at radius 3 is 2.65 bits per heavy atom. The summed E-state index contributed by atoms with van der Waals surface area (Å²) in [6.45, 7) is 2.72. The van der Waals surface area contributed by atoms with Gasteiger partial charge >= 0.3 is 0 Å². The van der Waals surface area contributed by atoms with Crippen LogP contribution in [0.2, 0.25) is 0 Å². The summed E-state index contributed by atoms with van der Waals surface area (Å²) in [4.78, 5) is 0.181. The number of sulfonamides is 1. The van der Waals surface area contributed by atoms with Gasteiger partial charge < -0.3 is 9.15 Å². The lowest BCUT2D eigenvalue weighted by atomic mass is 10.2. The van der Waals surface area contributed by atoms with Gasteiger partial charge in [-0.05, 0) is 48.9 Å². The molecule has 0 fully saturated rings. The summed E-state index contributed by atoms with van der Waals surface area (Å²) in [5.41, 5.74) is 0. The summed E-state index contributed by atoms with van der Waals surface area (Å²) in [6, 6.07) is 11.3. The van der Waals surface area contributed by atoms with E-state index in [1.54, 1.807) is 53.7 Å². The van der Waals surface area contributed by atoms with Crippen LogP contribution in [0.25, 0.3) is 0 Å². The third-order valence-corrected chi connectivity index (χ3v) is 5.23. The number of hydrogen-bond donors (Lipinski definition) is 1. The molecule has 0 bridgehead atoms. The van der Waals surface area contributed by atoms with E-state index in [1.807, 2.05) is 6.92 Å². The Kier molecular flexibility index (Phi) is 5.75. The summed E-state index contributed by atoms with van der Waals surface area (Å²) in [6.07, 6.45) is 5.85. The van der Waals surface area contributed by atoms with E-state index in [1.165, 1.54) is 12.1 Å². The molecule has 138 valence electrons. The number of nitrogens with one attached hydrogen (secondary N) is 1. The molecule has 0 spiro atoms. The molecule has 0 amide bonds. The van der Waals surface area contributed by atoms with Crippen LogP contribution in [0.5, 0.6) is 5.75 Å². The highest BCUT2D eigenvalue weighted by Crippen LogP contribution is 2.20. The quantitative estimate of drug-likeness (QED) is 0.621. The SMILES string of the molecule is CCCOc1ccc(S(=O)(=O)NCC(c2ccco2)n2cccn2)cc1. The lowest BCUT2D eigenvalue weighted by molar-refractivity contribution is 0.317. The molecule has 26 heavy (non-hydrogen) atoms. The zero-order valence-electron chi connectivity index (χ0n) is 14.4. The lowest BCUT2D eigenvalue weighted by Gasteiger charge is -2.16. The number of rotatable bonds is 9. The first-order valence-electron chi connectivity index (χ1n) is 8.35. The average molecular weight is 375 g/mol. The first-order chi connectivity index (χ1) is 12.6. The van der Waals surface area contributed by atoms with Gasteiger partial charge in [0, 0.05) is 18.9 Å². The highest BCUT2D eigenvalue weighted by atomic mass is 32.2. The van der Waals surface area contributed by atoms with Crippen LogP contribution >= 0.6 is 0 Å². The maximum Gasteiger partial charge on any atom is 0.240 e. The van der Waals surface area contributed by atoms with Gasteiger partial charge in [-0.25, -0.2) is 13.1 Å². The Balaban J connectivity index is 1.72. The van der Waals surface area contributed by atoms with Crippen molar-refractivity contribution in [2.45, 2.75) is 24.3 Å². The maximum atomic E-state index is 12.6. The molecule has 2 heterocycles. The van der Waals surface area contributed by atoms with E-state index in [0.717, 1.165) is 6.42 Å². The average Bonchev–Trinajstić information content (AvgIpc) is 3.35. The number of hydrogen-bond acceptors (Lipinski definition) is 5. The highest BCUT2D eigenvalue weighted by molar-refractivity contribution is 7.89. The fourth-order valence-corrected chi connectivity index (χ4v) is 3.52. The van der Waals surface area contributed by atoms with Crippen molar-refractivity contribution in [3.8, 4) is 5.75 Å². The summed E-state index contributed by atoms with van der Waals surface area (Å²) in [7, 11) is -3.66. The van der Waals surface area contributed by atoms with E-state index < -0.39 is 10.0 Å². The molecule has 0 radical (unpaired) electrons. The van der Waals surface area contributed by atoms with Crippen LogP contribution in [0.4, 0.5) is 0 Å². The maximum absolute atomic E-state index is 12.6. The predicted octanol–water partition coefficient (Wildman–Crippen LogP) is 2.83. The molecule has 3 rings (SSSR count). The first kappa shape index (κ1) is 18.2. The Labute approximate surface area is 152 Å². The minimum atomic E-state index is -3.66. The molecule has 0 saturated heterocycles.